The number of amides is 4. The van der Waals surface area contributed by atoms with Gasteiger partial charge >= 0.3 is 0 Å². The van der Waals surface area contributed by atoms with Gasteiger partial charge < -0.3 is 26.4 Å². The van der Waals surface area contributed by atoms with E-state index in [4.69, 9.17) is 10.5 Å². The Morgan fingerprint density at radius 2 is 1.61 bits per heavy atom. The van der Waals surface area contributed by atoms with Gasteiger partial charge in [0.05, 0.1) is 13.7 Å². The number of rotatable bonds is 13. The Kier molecular flexibility index (Phi) is 10.4. The number of ether oxygens (including phenoxy) is 1. The van der Waals surface area contributed by atoms with Crippen LogP contribution in [0.25, 0.3) is 0 Å². The summed E-state index contributed by atoms with van der Waals surface area (Å²) in [5, 5.41) is 7.95. The molecule has 0 fully saturated rings. The van der Waals surface area contributed by atoms with Crippen LogP contribution in [-0.4, -0.2) is 55.2 Å². The molecule has 5 N–H and O–H groups in total. The maximum atomic E-state index is 13.2. The topological polar surface area (TPSA) is 157 Å². The highest BCUT2D eigenvalue weighted by Gasteiger charge is 2.33. The molecule has 198 valence electrons. The number of hydrogen-bond donors (Lipinski definition) is 4. The van der Waals surface area contributed by atoms with Gasteiger partial charge in [-0.25, -0.2) is 0 Å². The predicted octanol–water partition coefficient (Wildman–Crippen LogP) is 1.42. The van der Waals surface area contributed by atoms with E-state index in [1.165, 1.54) is 7.11 Å². The average molecular weight is 503 g/mol. The van der Waals surface area contributed by atoms with Gasteiger partial charge in [0.2, 0.25) is 23.6 Å². The Morgan fingerprint density at radius 3 is 2.17 bits per heavy atom. The van der Waals surface area contributed by atoms with Crippen LogP contribution in [0.5, 0.6) is 5.75 Å². The lowest BCUT2D eigenvalue weighted by molar-refractivity contribution is -0.133. The summed E-state index contributed by atoms with van der Waals surface area (Å²) >= 11 is 0. The molecular weight excluding hydrogens is 464 g/mol. The molecule has 0 bridgehead atoms. The van der Waals surface area contributed by atoms with Crippen molar-refractivity contribution in [2.45, 2.75) is 71.4 Å². The third kappa shape index (κ3) is 8.35. The summed E-state index contributed by atoms with van der Waals surface area (Å²) in [4.78, 5) is 62.1. The Bertz CT molecular complexity index is 991. The van der Waals surface area contributed by atoms with Crippen LogP contribution < -0.4 is 26.4 Å². The predicted molar refractivity (Wildman–Crippen MR) is 134 cm³/mol. The molecule has 10 heteroatoms. The van der Waals surface area contributed by atoms with Gasteiger partial charge in [0.1, 0.15) is 17.8 Å². The lowest BCUT2D eigenvalue weighted by Gasteiger charge is -2.25. The molecule has 4 amide bonds. The number of ketones is 1. The minimum absolute atomic E-state index is 0.0274. The zero-order valence-electron chi connectivity index (χ0n) is 21.7. The lowest BCUT2D eigenvalue weighted by Crippen LogP contribution is -2.55. The average Bonchev–Trinajstić information content (AvgIpc) is 3.09. The van der Waals surface area contributed by atoms with Crippen molar-refractivity contribution in [2.75, 3.05) is 13.7 Å². The van der Waals surface area contributed by atoms with Crippen LogP contribution in [0.2, 0.25) is 0 Å². The standard InChI is InChI=1S/C26H38N4O6/c1-14(2)8-20(25(34)28-13-23(27)32)30-26(35)21(9-15(3)4)29-24(33)11-16-10-22(31)18-7-6-17(36-5)12-19(16)18/h6-7,12,14-16,20-21H,8-11,13H2,1-5H3,(H2,27,32)(H,28,34)(H,29,33)(H,30,35)/t16?,20-,21-/m0/s1. The van der Waals surface area contributed by atoms with Gasteiger partial charge in [0.15, 0.2) is 5.78 Å². The van der Waals surface area contributed by atoms with E-state index in [2.05, 4.69) is 16.0 Å². The molecule has 0 spiro atoms. The van der Waals surface area contributed by atoms with Crippen molar-refractivity contribution in [1.82, 2.24) is 16.0 Å². The highest BCUT2D eigenvalue weighted by molar-refractivity contribution is 6.02. The molecule has 2 rings (SSSR count). The zero-order valence-corrected chi connectivity index (χ0v) is 21.7. The second-order valence-corrected chi connectivity index (χ2v) is 10.1. The lowest BCUT2D eigenvalue weighted by atomic mass is 9.96. The van der Waals surface area contributed by atoms with Gasteiger partial charge in [-0.05, 0) is 48.4 Å². The van der Waals surface area contributed by atoms with E-state index in [-0.39, 0.29) is 48.8 Å². The van der Waals surface area contributed by atoms with E-state index in [1.54, 1.807) is 18.2 Å². The number of nitrogens with one attached hydrogen (secondary N) is 3. The summed E-state index contributed by atoms with van der Waals surface area (Å²) < 4.78 is 5.26. The number of benzene rings is 1. The Balaban J connectivity index is 2.11. The number of methoxy groups -OCH3 is 1. The molecule has 0 saturated heterocycles. The van der Waals surface area contributed by atoms with Crippen molar-refractivity contribution in [3.05, 3.63) is 29.3 Å². The number of nitrogens with two attached hydrogens (primary N) is 1. The van der Waals surface area contributed by atoms with Crippen LogP contribution in [0.3, 0.4) is 0 Å². The Hall–Kier alpha value is -3.43. The molecular formula is C26H38N4O6. The maximum Gasteiger partial charge on any atom is 0.243 e. The van der Waals surface area contributed by atoms with Crippen molar-refractivity contribution in [1.29, 1.82) is 0 Å². The van der Waals surface area contributed by atoms with Crippen molar-refractivity contribution in [2.24, 2.45) is 17.6 Å². The molecule has 10 nitrogen and oxygen atoms in total. The third-order valence-electron chi connectivity index (χ3n) is 6.00. The smallest absolute Gasteiger partial charge is 0.243 e. The minimum atomic E-state index is -0.879. The van der Waals surface area contributed by atoms with Crippen molar-refractivity contribution in [3.63, 3.8) is 0 Å². The van der Waals surface area contributed by atoms with Crippen LogP contribution >= 0.6 is 0 Å². The molecule has 0 heterocycles. The molecule has 1 aromatic rings. The van der Waals surface area contributed by atoms with Crippen molar-refractivity contribution >= 4 is 29.4 Å². The molecule has 1 aliphatic carbocycles. The number of Topliss-reactive ketones (excluding diaryl/α,β-unsaturated/α-hetero) is 1. The highest BCUT2D eigenvalue weighted by Crippen LogP contribution is 2.37. The second kappa shape index (κ2) is 13.0. The third-order valence-corrected chi connectivity index (χ3v) is 6.00. The number of hydrogen-bond acceptors (Lipinski definition) is 6. The molecule has 0 saturated carbocycles. The largest absolute Gasteiger partial charge is 0.497 e. The van der Waals surface area contributed by atoms with E-state index in [9.17, 15) is 24.0 Å². The molecule has 1 unspecified atom stereocenters. The van der Waals surface area contributed by atoms with Crippen LogP contribution in [0.4, 0.5) is 0 Å². The molecule has 36 heavy (non-hydrogen) atoms. The summed E-state index contributed by atoms with van der Waals surface area (Å²) in [5.41, 5.74) is 6.46. The summed E-state index contributed by atoms with van der Waals surface area (Å²) in [6.45, 7) is 7.33. The first-order valence-corrected chi connectivity index (χ1v) is 12.3. The second-order valence-electron chi connectivity index (χ2n) is 10.1. The van der Waals surface area contributed by atoms with E-state index in [0.29, 0.717) is 24.2 Å². The fraction of sp³-hybridized carbons (Fsp3) is 0.577. The summed E-state index contributed by atoms with van der Waals surface area (Å²) in [5.74, 6) is -1.59. The van der Waals surface area contributed by atoms with Gasteiger partial charge in [-0.2, -0.15) is 0 Å². The van der Waals surface area contributed by atoms with Crippen LogP contribution in [-0.2, 0) is 19.2 Å². The van der Waals surface area contributed by atoms with Gasteiger partial charge in [0, 0.05) is 24.3 Å². The Labute approximate surface area is 212 Å². The normalized spacial score (nSPS) is 16.3. The van der Waals surface area contributed by atoms with Gasteiger partial charge in [-0.1, -0.05) is 27.7 Å². The highest BCUT2D eigenvalue weighted by atomic mass is 16.5. The fourth-order valence-electron chi connectivity index (χ4n) is 4.34. The molecule has 3 atom stereocenters. The summed E-state index contributed by atoms with van der Waals surface area (Å²) in [6.07, 6.45) is 0.972. The molecule has 1 aliphatic rings. The SMILES string of the molecule is COc1ccc2c(c1)C(CC(=O)N[C@@H](CC(C)C)C(=O)N[C@@H](CC(C)C)C(=O)NCC(N)=O)CC2=O. The minimum Gasteiger partial charge on any atom is -0.497 e. The van der Waals surface area contributed by atoms with Crippen molar-refractivity contribution < 1.29 is 28.7 Å². The maximum absolute atomic E-state index is 13.2. The van der Waals surface area contributed by atoms with Crippen LogP contribution in [0.1, 0.15) is 75.2 Å². The molecule has 0 aromatic heterocycles. The Morgan fingerprint density at radius 1 is 1.00 bits per heavy atom. The van der Waals surface area contributed by atoms with Crippen LogP contribution in [0.15, 0.2) is 18.2 Å². The van der Waals surface area contributed by atoms with E-state index >= 15 is 0 Å². The number of carbonyl (C=O) groups excluding carboxylic acids is 5. The summed E-state index contributed by atoms with van der Waals surface area (Å²) in [6, 6.07) is 3.46. The quantitative estimate of drug-likeness (QED) is 0.319. The van der Waals surface area contributed by atoms with Crippen LogP contribution in [0, 0.1) is 11.8 Å². The first kappa shape index (κ1) is 28.8. The first-order valence-electron chi connectivity index (χ1n) is 12.3. The monoisotopic (exact) mass is 502 g/mol. The summed E-state index contributed by atoms with van der Waals surface area (Å²) in [7, 11) is 1.54. The van der Waals surface area contributed by atoms with Gasteiger partial charge in [-0.3, -0.25) is 24.0 Å². The van der Waals surface area contributed by atoms with E-state index in [1.807, 2.05) is 27.7 Å². The van der Waals surface area contributed by atoms with E-state index in [0.717, 1.165) is 5.56 Å². The van der Waals surface area contributed by atoms with Gasteiger partial charge in [-0.15, -0.1) is 0 Å². The number of fused-ring (bicyclic) bond motifs is 1. The first-order chi connectivity index (χ1) is 16.9. The zero-order chi connectivity index (χ0) is 27.0. The number of carbonyl (C=O) groups is 5. The van der Waals surface area contributed by atoms with Crippen molar-refractivity contribution in [3.8, 4) is 5.75 Å². The fourth-order valence-corrected chi connectivity index (χ4v) is 4.34. The molecule has 0 aliphatic heterocycles. The van der Waals surface area contributed by atoms with E-state index < -0.39 is 29.8 Å². The van der Waals surface area contributed by atoms with Gasteiger partial charge in [0.25, 0.3) is 0 Å². The molecule has 1 aromatic carbocycles. The number of primary amides is 1. The molecule has 0 radical (unpaired) electrons.